The molecule has 0 aromatic heterocycles. The number of hydrogen-bond donors (Lipinski definition) is 1. The van der Waals surface area contributed by atoms with Gasteiger partial charge in [0.1, 0.15) is 5.54 Å². The third-order valence-corrected chi connectivity index (χ3v) is 4.85. The summed E-state index contributed by atoms with van der Waals surface area (Å²) in [5, 5.41) is 11.8. The Kier molecular flexibility index (Phi) is 6.56. The van der Waals surface area contributed by atoms with E-state index in [1.54, 1.807) is 36.1 Å². The van der Waals surface area contributed by atoms with Crippen LogP contribution in [0.1, 0.15) is 49.5 Å². The summed E-state index contributed by atoms with van der Waals surface area (Å²) >= 11 is 0. The Morgan fingerprint density at radius 1 is 1.33 bits per heavy atom. The van der Waals surface area contributed by atoms with E-state index in [0.717, 1.165) is 18.5 Å². The quantitative estimate of drug-likeness (QED) is 0.739. The Balaban J connectivity index is 1.86. The van der Waals surface area contributed by atoms with Crippen LogP contribution in [-0.4, -0.2) is 41.4 Å². The highest BCUT2D eigenvalue weighted by molar-refractivity contribution is 5.91. The van der Waals surface area contributed by atoms with Gasteiger partial charge in [-0.05, 0) is 37.0 Å². The number of nitrogens with one attached hydrogen (secondary N) is 1. The fourth-order valence-electron chi connectivity index (χ4n) is 2.68. The fourth-order valence-corrected chi connectivity index (χ4v) is 2.68. The first-order valence-electron chi connectivity index (χ1n) is 9.01. The third-order valence-electron chi connectivity index (χ3n) is 4.85. The maximum Gasteiger partial charge on any atom is 0.338 e. The Morgan fingerprint density at radius 2 is 2.00 bits per heavy atom. The largest absolute Gasteiger partial charge is 0.452 e. The lowest BCUT2D eigenvalue weighted by molar-refractivity contribution is -0.128. The Labute approximate surface area is 159 Å². The van der Waals surface area contributed by atoms with Crippen LogP contribution in [0.15, 0.2) is 24.3 Å². The number of nitrogens with zero attached hydrogens (tertiary/aromatic N) is 2. The molecule has 7 heteroatoms. The van der Waals surface area contributed by atoms with Crippen molar-refractivity contribution in [1.29, 1.82) is 5.26 Å². The second-order valence-electron chi connectivity index (χ2n) is 7.21. The lowest BCUT2D eigenvalue weighted by Crippen LogP contribution is -2.50. The van der Waals surface area contributed by atoms with Crippen molar-refractivity contribution >= 4 is 17.8 Å². The normalized spacial score (nSPS) is 16.0. The Morgan fingerprint density at radius 3 is 2.52 bits per heavy atom. The van der Waals surface area contributed by atoms with E-state index >= 15 is 0 Å². The lowest BCUT2D eigenvalue weighted by Gasteiger charge is -2.27. The molecule has 27 heavy (non-hydrogen) atoms. The van der Waals surface area contributed by atoms with Gasteiger partial charge in [0.15, 0.2) is 6.61 Å². The van der Waals surface area contributed by atoms with Crippen LogP contribution in [0.25, 0.3) is 0 Å². The van der Waals surface area contributed by atoms with Crippen LogP contribution in [-0.2, 0) is 20.9 Å². The number of amides is 2. The minimum absolute atomic E-state index is 0.0859. The zero-order valence-electron chi connectivity index (χ0n) is 15.9. The number of carbonyl (C=O) groups excluding carboxylic acids is 3. The highest BCUT2D eigenvalue weighted by Crippen LogP contribution is 2.16. The fraction of sp³-hybridized carbons (Fsp3) is 0.500. The predicted octanol–water partition coefficient (Wildman–Crippen LogP) is 2.02. The number of rotatable bonds is 7. The van der Waals surface area contributed by atoms with Crippen molar-refractivity contribution in [2.24, 2.45) is 5.92 Å². The van der Waals surface area contributed by atoms with Crippen LogP contribution in [0.2, 0.25) is 0 Å². The molecule has 2 amide bonds. The average Bonchev–Trinajstić information content (AvgIpc) is 3.04. The molecule has 0 aliphatic carbocycles. The molecule has 1 fully saturated rings. The minimum Gasteiger partial charge on any atom is -0.452 e. The lowest BCUT2D eigenvalue weighted by atomic mass is 9.90. The van der Waals surface area contributed by atoms with Gasteiger partial charge in [-0.1, -0.05) is 26.0 Å². The van der Waals surface area contributed by atoms with Gasteiger partial charge < -0.3 is 15.0 Å². The number of esters is 1. The maximum atomic E-state index is 12.1. The summed E-state index contributed by atoms with van der Waals surface area (Å²) in [5.41, 5.74) is 0.241. The zero-order chi connectivity index (χ0) is 20.0. The highest BCUT2D eigenvalue weighted by atomic mass is 16.5. The predicted molar refractivity (Wildman–Crippen MR) is 98.4 cm³/mol. The van der Waals surface area contributed by atoms with Crippen molar-refractivity contribution in [3.05, 3.63) is 35.4 Å². The summed E-state index contributed by atoms with van der Waals surface area (Å²) in [5.74, 6) is -1.07. The first-order chi connectivity index (χ1) is 12.7. The molecular weight excluding hydrogens is 346 g/mol. The first-order valence-corrected chi connectivity index (χ1v) is 9.01. The van der Waals surface area contributed by atoms with Crippen LogP contribution in [0.3, 0.4) is 0 Å². The van der Waals surface area contributed by atoms with Crippen molar-refractivity contribution in [3.63, 3.8) is 0 Å². The van der Waals surface area contributed by atoms with Gasteiger partial charge in [0.25, 0.3) is 5.91 Å². The molecule has 1 aliphatic heterocycles. The van der Waals surface area contributed by atoms with E-state index in [0.29, 0.717) is 18.5 Å². The molecule has 1 saturated heterocycles. The second-order valence-corrected chi connectivity index (χ2v) is 7.21. The molecule has 1 aromatic carbocycles. The van der Waals surface area contributed by atoms with Crippen molar-refractivity contribution in [1.82, 2.24) is 10.2 Å². The van der Waals surface area contributed by atoms with Gasteiger partial charge >= 0.3 is 5.97 Å². The van der Waals surface area contributed by atoms with Crippen LogP contribution in [0.5, 0.6) is 0 Å². The molecule has 0 radical (unpaired) electrons. The number of ether oxygens (including phenoxy) is 1. The summed E-state index contributed by atoms with van der Waals surface area (Å²) in [6.07, 6.45) is 1.47. The van der Waals surface area contributed by atoms with Gasteiger partial charge in [0.2, 0.25) is 5.91 Å². The molecule has 0 spiro atoms. The molecule has 0 saturated carbocycles. The molecule has 144 valence electrons. The van der Waals surface area contributed by atoms with Crippen molar-refractivity contribution in [2.45, 2.75) is 45.7 Å². The van der Waals surface area contributed by atoms with Crippen molar-refractivity contribution in [2.75, 3.05) is 13.2 Å². The van der Waals surface area contributed by atoms with Gasteiger partial charge in [0, 0.05) is 19.5 Å². The second kappa shape index (κ2) is 8.67. The molecular formula is C20H25N3O4. The van der Waals surface area contributed by atoms with E-state index in [2.05, 4.69) is 11.4 Å². The molecule has 1 aromatic rings. The number of carbonyl (C=O) groups is 3. The molecule has 0 unspecified atom stereocenters. The molecule has 1 aliphatic rings. The topological polar surface area (TPSA) is 99.5 Å². The van der Waals surface area contributed by atoms with Gasteiger partial charge in [-0.2, -0.15) is 5.26 Å². The monoisotopic (exact) mass is 371 g/mol. The van der Waals surface area contributed by atoms with E-state index in [4.69, 9.17) is 4.74 Å². The van der Waals surface area contributed by atoms with E-state index in [9.17, 15) is 19.6 Å². The SMILES string of the molecule is CC(C)[C@](C)(C#N)NC(=O)COC(=O)c1ccc(CN2CCCC2=O)cc1. The smallest absolute Gasteiger partial charge is 0.338 e. The van der Waals surface area contributed by atoms with Crippen molar-refractivity contribution in [3.8, 4) is 6.07 Å². The van der Waals surface area contributed by atoms with Crippen LogP contribution < -0.4 is 5.32 Å². The molecule has 2 rings (SSSR count). The molecule has 0 bridgehead atoms. The van der Waals surface area contributed by atoms with Crippen LogP contribution in [0.4, 0.5) is 0 Å². The zero-order valence-corrected chi connectivity index (χ0v) is 15.9. The standard InChI is InChI=1S/C20H25N3O4/c1-14(2)20(3,13-21)22-17(24)12-27-19(26)16-8-6-15(7-9-16)11-23-10-4-5-18(23)25/h6-9,14H,4-5,10-12H2,1-3H3,(H,22,24)/t20-/m0/s1. The maximum absolute atomic E-state index is 12.1. The number of hydrogen-bond acceptors (Lipinski definition) is 5. The summed E-state index contributed by atoms with van der Waals surface area (Å²) in [6, 6.07) is 8.84. The Bertz CT molecular complexity index is 751. The summed E-state index contributed by atoms with van der Waals surface area (Å²) < 4.78 is 5.03. The molecule has 1 heterocycles. The van der Waals surface area contributed by atoms with E-state index < -0.39 is 24.0 Å². The molecule has 1 atom stereocenters. The van der Waals surface area contributed by atoms with Gasteiger partial charge in [-0.3, -0.25) is 9.59 Å². The van der Waals surface area contributed by atoms with E-state index in [-0.39, 0.29) is 11.8 Å². The minimum atomic E-state index is -1.02. The van der Waals surface area contributed by atoms with E-state index in [1.807, 2.05) is 13.8 Å². The number of likely N-dealkylation sites (tertiary alicyclic amines) is 1. The van der Waals surface area contributed by atoms with E-state index in [1.165, 1.54) is 0 Å². The molecule has 1 N–H and O–H groups in total. The number of nitriles is 1. The summed E-state index contributed by atoms with van der Waals surface area (Å²) in [6.45, 7) is 6.11. The van der Waals surface area contributed by atoms with Crippen LogP contribution in [0, 0.1) is 17.2 Å². The van der Waals surface area contributed by atoms with Crippen LogP contribution >= 0.6 is 0 Å². The summed E-state index contributed by atoms with van der Waals surface area (Å²) in [7, 11) is 0. The van der Waals surface area contributed by atoms with Crippen molar-refractivity contribution < 1.29 is 19.1 Å². The summed E-state index contributed by atoms with van der Waals surface area (Å²) in [4.78, 5) is 37.5. The van der Waals surface area contributed by atoms with Gasteiger partial charge in [-0.15, -0.1) is 0 Å². The third kappa shape index (κ3) is 5.30. The average molecular weight is 371 g/mol. The highest BCUT2D eigenvalue weighted by Gasteiger charge is 2.30. The first kappa shape index (κ1) is 20.4. The number of benzene rings is 1. The Hall–Kier alpha value is -2.88. The molecule has 7 nitrogen and oxygen atoms in total. The van der Waals surface area contributed by atoms with Gasteiger partial charge in [0.05, 0.1) is 11.6 Å². The van der Waals surface area contributed by atoms with Gasteiger partial charge in [-0.25, -0.2) is 4.79 Å².